The number of rotatable bonds is 1. The van der Waals surface area contributed by atoms with Gasteiger partial charge in [0.2, 0.25) is 0 Å². The highest BCUT2D eigenvalue weighted by molar-refractivity contribution is 6.62. The molecule has 0 fully saturated rings. The number of benzene rings is 1. The van der Waals surface area contributed by atoms with E-state index in [9.17, 15) is 9.59 Å². The molecule has 1 aromatic carbocycles. The number of anilines is 1. The number of amides is 2. The van der Waals surface area contributed by atoms with Crippen molar-refractivity contribution in [3.63, 3.8) is 0 Å². The molecule has 0 saturated carbocycles. The van der Waals surface area contributed by atoms with Gasteiger partial charge in [-0.25, -0.2) is 4.90 Å². The molecular weight excluding hydrogens is 261 g/mol. The Labute approximate surface area is 109 Å². The summed E-state index contributed by atoms with van der Waals surface area (Å²) < 4.78 is 0. The number of carbonyl (C=O) groups excluding carboxylic acids is 2. The van der Waals surface area contributed by atoms with Crippen LogP contribution in [0.3, 0.4) is 0 Å². The first-order valence-electron chi connectivity index (χ1n) is 4.95. The number of carbonyl (C=O) groups is 2. The summed E-state index contributed by atoms with van der Waals surface area (Å²) in [6.45, 7) is 3.74. The first-order valence-corrected chi connectivity index (χ1v) is 5.71. The molecule has 0 radical (unpaired) electrons. The third-order valence-electron chi connectivity index (χ3n) is 2.79. The molecule has 3 nitrogen and oxygen atoms in total. The molecule has 5 heteroatoms. The third kappa shape index (κ3) is 1.75. The van der Waals surface area contributed by atoms with Crippen molar-refractivity contribution < 1.29 is 9.59 Å². The average molecular weight is 270 g/mol. The van der Waals surface area contributed by atoms with Gasteiger partial charge in [0.1, 0.15) is 10.1 Å². The molecule has 0 unspecified atom stereocenters. The minimum Gasteiger partial charge on any atom is -0.267 e. The predicted molar refractivity (Wildman–Crippen MR) is 67.1 cm³/mol. The van der Waals surface area contributed by atoms with Crippen LogP contribution in [-0.2, 0) is 9.59 Å². The van der Waals surface area contributed by atoms with Crippen molar-refractivity contribution in [2.24, 2.45) is 0 Å². The molecule has 17 heavy (non-hydrogen) atoms. The van der Waals surface area contributed by atoms with Gasteiger partial charge in [-0.05, 0) is 31.0 Å². The molecule has 0 aliphatic carbocycles. The van der Waals surface area contributed by atoms with Gasteiger partial charge in [0.05, 0.1) is 5.69 Å². The maximum atomic E-state index is 11.8. The number of nitrogens with zero attached hydrogens (tertiary/aromatic N) is 1. The number of aryl methyl sites for hydroxylation is 1. The van der Waals surface area contributed by atoms with Crippen LogP contribution in [0, 0.1) is 13.8 Å². The molecule has 1 heterocycles. The Morgan fingerprint density at radius 3 is 2.06 bits per heavy atom. The lowest BCUT2D eigenvalue weighted by Gasteiger charge is -2.17. The summed E-state index contributed by atoms with van der Waals surface area (Å²) in [7, 11) is 0. The fourth-order valence-electron chi connectivity index (χ4n) is 1.67. The van der Waals surface area contributed by atoms with Gasteiger partial charge in [0.15, 0.2) is 0 Å². The van der Waals surface area contributed by atoms with Gasteiger partial charge in [0, 0.05) is 0 Å². The zero-order valence-electron chi connectivity index (χ0n) is 9.25. The highest BCUT2D eigenvalue weighted by atomic mass is 35.5. The standard InChI is InChI=1S/C12H9Cl2NO2/c1-6-4-3-5-8(7(6)2)15-11(16)9(13)10(14)12(15)17/h3-5H,1-2H3. The Kier molecular flexibility index (Phi) is 2.98. The highest BCUT2D eigenvalue weighted by Gasteiger charge is 2.38. The zero-order valence-corrected chi connectivity index (χ0v) is 10.8. The highest BCUT2D eigenvalue weighted by Crippen LogP contribution is 2.33. The van der Waals surface area contributed by atoms with E-state index in [0.717, 1.165) is 16.0 Å². The van der Waals surface area contributed by atoms with Crippen molar-refractivity contribution in [3.8, 4) is 0 Å². The molecule has 88 valence electrons. The van der Waals surface area contributed by atoms with Gasteiger partial charge in [0.25, 0.3) is 11.8 Å². The summed E-state index contributed by atoms with van der Waals surface area (Å²) in [6.07, 6.45) is 0. The Hall–Kier alpha value is -1.32. The summed E-state index contributed by atoms with van der Waals surface area (Å²) in [5, 5.41) is -0.449. The second kappa shape index (κ2) is 4.17. The molecule has 1 aliphatic rings. The van der Waals surface area contributed by atoms with Crippen LogP contribution < -0.4 is 4.90 Å². The minimum atomic E-state index is -0.574. The quantitative estimate of drug-likeness (QED) is 0.736. The van der Waals surface area contributed by atoms with E-state index in [0.29, 0.717) is 5.69 Å². The van der Waals surface area contributed by atoms with Gasteiger partial charge >= 0.3 is 0 Å². The smallest absolute Gasteiger partial charge is 0.267 e. The fraction of sp³-hybridized carbons (Fsp3) is 0.167. The van der Waals surface area contributed by atoms with Gasteiger partial charge < -0.3 is 0 Å². The van der Waals surface area contributed by atoms with Crippen LogP contribution in [0.1, 0.15) is 11.1 Å². The average Bonchev–Trinajstić information content (AvgIpc) is 2.49. The van der Waals surface area contributed by atoms with E-state index >= 15 is 0 Å². The Bertz CT molecular complexity index is 540. The third-order valence-corrected chi connectivity index (χ3v) is 3.59. The molecular formula is C12H9Cl2NO2. The second-order valence-electron chi connectivity index (χ2n) is 3.79. The van der Waals surface area contributed by atoms with Gasteiger partial charge in [-0.15, -0.1) is 0 Å². The van der Waals surface area contributed by atoms with Crippen molar-refractivity contribution >= 4 is 40.7 Å². The second-order valence-corrected chi connectivity index (χ2v) is 4.55. The predicted octanol–water partition coefficient (Wildman–Crippen LogP) is 2.87. The summed E-state index contributed by atoms with van der Waals surface area (Å²) >= 11 is 11.4. The fourth-order valence-corrected chi connectivity index (χ4v) is 2.00. The van der Waals surface area contributed by atoms with E-state index in [1.54, 1.807) is 12.1 Å². The molecule has 0 N–H and O–H groups in total. The molecule has 2 amide bonds. The van der Waals surface area contributed by atoms with E-state index in [4.69, 9.17) is 23.2 Å². The number of hydrogen-bond acceptors (Lipinski definition) is 2. The van der Waals surface area contributed by atoms with Crippen molar-refractivity contribution in [2.75, 3.05) is 4.90 Å². The zero-order chi connectivity index (χ0) is 12.7. The Morgan fingerprint density at radius 1 is 1.00 bits per heavy atom. The number of imide groups is 1. The number of halogens is 2. The molecule has 0 aromatic heterocycles. The minimum absolute atomic E-state index is 0.224. The van der Waals surface area contributed by atoms with Crippen molar-refractivity contribution in [3.05, 3.63) is 39.4 Å². The van der Waals surface area contributed by atoms with Gasteiger partial charge in [-0.3, -0.25) is 9.59 Å². The summed E-state index contributed by atoms with van der Waals surface area (Å²) in [5.74, 6) is -1.15. The normalized spacial score (nSPS) is 16.1. The number of hydrogen-bond donors (Lipinski definition) is 0. The van der Waals surface area contributed by atoms with Gasteiger partial charge in [-0.1, -0.05) is 35.3 Å². The maximum absolute atomic E-state index is 11.8. The monoisotopic (exact) mass is 269 g/mol. The first-order chi connectivity index (χ1) is 7.95. The largest absolute Gasteiger partial charge is 0.278 e. The maximum Gasteiger partial charge on any atom is 0.278 e. The topological polar surface area (TPSA) is 37.4 Å². The van der Waals surface area contributed by atoms with Crippen LogP contribution >= 0.6 is 23.2 Å². The lowest BCUT2D eigenvalue weighted by Crippen LogP contribution is -2.31. The van der Waals surface area contributed by atoms with Crippen LogP contribution in [0.5, 0.6) is 0 Å². The summed E-state index contributed by atoms with van der Waals surface area (Å²) in [5.41, 5.74) is 2.36. The van der Waals surface area contributed by atoms with Crippen LogP contribution in [0.4, 0.5) is 5.69 Å². The van der Waals surface area contributed by atoms with Crippen LogP contribution in [-0.4, -0.2) is 11.8 Å². The molecule has 0 spiro atoms. The van der Waals surface area contributed by atoms with E-state index < -0.39 is 11.8 Å². The SMILES string of the molecule is Cc1cccc(N2C(=O)C(Cl)=C(Cl)C2=O)c1C. The lowest BCUT2D eigenvalue weighted by molar-refractivity contribution is -0.120. The van der Waals surface area contributed by atoms with Crippen molar-refractivity contribution in [2.45, 2.75) is 13.8 Å². The van der Waals surface area contributed by atoms with Crippen LogP contribution in [0.2, 0.25) is 0 Å². The molecule has 0 bridgehead atoms. The van der Waals surface area contributed by atoms with E-state index in [2.05, 4.69) is 0 Å². The summed E-state index contributed by atoms with van der Waals surface area (Å²) in [4.78, 5) is 24.6. The van der Waals surface area contributed by atoms with Crippen LogP contribution in [0.25, 0.3) is 0 Å². The van der Waals surface area contributed by atoms with Crippen molar-refractivity contribution in [1.82, 2.24) is 0 Å². The molecule has 1 aliphatic heterocycles. The summed E-state index contributed by atoms with van der Waals surface area (Å²) in [6, 6.07) is 5.37. The lowest BCUT2D eigenvalue weighted by atomic mass is 10.1. The molecule has 2 rings (SSSR count). The Morgan fingerprint density at radius 2 is 1.53 bits per heavy atom. The molecule has 0 saturated heterocycles. The van der Waals surface area contributed by atoms with Gasteiger partial charge in [-0.2, -0.15) is 0 Å². The molecule has 0 atom stereocenters. The van der Waals surface area contributed by atoms with E-state index in [1.807, 2.05) is 19.9 Å². The van der Waals surface area contributed by atoms with E-state index in [-0.39, 0.29) is 10.1 Å². The molecule has 1 aromatic rings. The van der Waals surface area contributed by atoms with E-state index in [1.165, 1.54) is 0 Å². The van der Waals surface area contributed by atoms with Crippen LogP contribution in [0.15, 0.2) is 28.3 Å². The van der Waals surface area contributed by atoms with Crippen molar-refractivity contribution in [1.29, 1.82) is 0 Å². The first kappa shape index (κ1) is 12.1. The Balaban J connectivity index is 2.55.